The number of rotatable bonds is 0. The van der Waals surface area contributed by atoms with Crippen LogP contribution in [-0.4, -0.2) is 5.78 Å². The summed E-state index contributed by atoms with van der Waals surface area (Å²) in [6.07, 6.45) is 5.56. The molecule has 2 saturated carbocycles. The van der Waals surface area contributed by atoms with Crippen molar-refractivity contribution >= 4 is 5.78 Å². The molecule has 0 spiro atoms. The van der Waals surface area contributed by atoms with E-state index in [1.165, 1.54) is 18.4 Å². The molecule has 1 nitrogen and oxygen atoms in total. The van der Waals surface area contributed by atoms with E-state index >= 15 is 0 Å². The fourth-order valence-corrected chi connectivity index (χ4v) is 4.45. The third kappa shape index (κ3) is 1.04. The molecule has 0 heterocycles. The zero-order valence-corrected chi connectivity index (χ0v) is 10.5. The van der Waals surface area contributed by atoms with Gasteiger partial charge in [-0.1, -0.05) is 32.9 Å². The van der Waals surface area contributed by atoms with Gasteiger partial charge in [0.15, 0.2) is 5.78 Å². The first-order valence-corrected chi connectivity index (χ1v) is 6.29. The van der Waals surface area contributed by atoms with Crippen molar-refractivity contribution in [2.45, 2.75) is 40.0 Å². The molecular formula is C15H20O. The highest BCUT2D eigenvalue weighted by atomic mass is 16.1. The maximum absolute atomic E-state index is 11.8. The van der Waals surface area contributed by atoms with Gasteiger partial charge in [-0.15, -0.1) is 0 Å². The fourth-order valence-electron chi connectivity index (χ4n) is 4.45. The van der Waals surface area contributed by atoms with Gasteiger partial charge >= 0.3 is 0 Å². The quantitative estimate of drug-likeness (QED) is 0.566. The largest absolute Gasteiger partial charge is 0.290 e. The number of carbonyl (C=O) groups excluding carboxylic acids is 1. The van der Waals surface area contributed by atoms with Gasteiger partial charge in [0.2, 0.25) is 0 Å². The minimum Gasteiger partial charge on any atom is -0.290 e. The summed E-state index contributed by atoms with van der Waals surface area (Å²) >= 11 is 0. The smallest absolute Gasteiger partial charge is 0.182 e. The maximum atomic E-state index is 11.8. The van der Waals surface area contributed by atoms with E-state index in [-0.39, 0.29) is 11.2 Å². The Hall–Kier alpha value is -0.850. The lowest BCUT2D eigenvalue weighted by Crippen LogP contribution is -2.26. The van der Waals surface area contributed by atoms with Gasteiger partial charge in [0.1, 0.15) is 0 Å². The SMILES string of the molecule is C=C1C(=O)C=C2C[C@H]3CC(C)(C)C[C@@H]3[C@]12C. The first-order chi connectivity index (χ1) is 7.34. The second-order valence-corrected chi connectivity index (χ2v) is 6.86. The van der Waals surface area contributed by atoms with Crippen molar-refractivity contribution in [3.63, 3.8) is 0 Å². The predicted octanol–water partition coefficient (Wildman–Crippen LogP) is 3.51. The van der Waals surface area contributed by atoms with Crippen LogP contribution in [0.5, 0.6) is 0 Å². The second kappa shape index (κ2) is 2.69. The van der Waals surface area contributed by atoms with Crippen LogP contribution in [0, 0.1) is 22.7 Å². The molecule has 2 fully saturated rings. The number of carbonyl (C=O) groups is 1. The van der Waals surface area contributed by atoms with E-state index in [1.54, 1.807) is 0 Å². The van der Waals surface area contributed by atoms with Crippen molar-refractivity contribution in [1.82, 2.24) is 0 Å². The predicted molar refractivity (Wildman–Crippen MR) is 64.9 cm³/mol. The standard InChI is InChI=1S/C15H20O/c1-9-13(16)6-11-5-10-7-14(2,3)8-12(10)15(9,11)4/h6,10,12H,1,5,7-8H2,2-4H3/t10-,12-,15+/m0/s1. The molecule has 0 N–H and O–H groups in total. The van der Waals surface area contributed by atoms with Crippen molar-refractivity contribution in [2.75, 3.05) is 0 Å². The third-order valence-electron chi connectivity index (χ3n) is 5.28. The van der Waals surface area contributed by atoms with Crippen molar-refractivity contribution in [3.8, 4) is 0 Å². The van der Waals surface area contributed by atoms with Crippen molar-refractivity contribution < 1.29 is 4.79 Å². The Bertz CT molecular complexity index is 427. The Kier molecular flexibility index (Phi) is 1.74. The first-order valence-electron chi connectivity index (χ1n) is 6.29. The van der Waals surface area contributed by atoms with Gasteiger partial charge < -0.3 is 0 Å². The van der Waals surface area contributed by atoms with Gasteiger partial charge in [-0.2, -0.15) is 0 Å². The average Bonchev–Trinajstić information content (AvgIpc) is 2.66. The number of ketones is 1. The van der Waals surface area contributed by atoms with E-state index in [9.17, 15) is 4.79 Å². The van der Waals surface area contributed by atoms with Crippen LogP contribution in [0.2, 0.25) is 0 Å². The van der Waals surface area contributed by atoms with Crippen molar-refractivity contribution in [3.05, 3.63) is 23.8 Å². The molecule has 86 valence electrons. The number of hydrogen-bond acceptors (Lipinski definition) is 1. The number of fused-ring (bicyclic) bond motifs is 3. The Labute approximate surface area is 97.6 Å². The number of allylic oxidation sites excluding steroid dienone is 3. The highest BCUT2D eigenvalue weighted by Crippen LogP contribution is 2.66. The zero-order valence-electron chi connectivity index (χ0n) is 10.5. The molecule has 1 heteroatoms. The van der Waals surface area contributed by atoms with Crippen molar-refractivity contribution in [1.29, 1.82) is 0 Å². The summed E-state index contributed by atoms with van der Waals surface area (Å²) in [6.45, 7) is 11.0. The summed E-state index contributed by atoms with van der Waals surface area (Å²) < 4.78 is 0. The van der Waals surface area contributed by atoms with E-state index < -0.39 is 0 Å². The molecule has 0 saturated heterocycles. The Morgan fingerprint density at radius 1 is 1.31 bits per heavy atom. The summed E-state index contributed by atoms with van der Waals surface area (Å²) in [6, 6.07) is 0. The Balaban J connectivity index is 2.04. The van der Waals surface area contributed by atoms with Crippen LogP contribution >= 0.6 is 0 Å². The molecule has 0 bridgehead atoms. The summed E-state index contributed by atoms with van der Waals surface area (Å²) in [5.74, 6) is 1.63. The van der Waals surface area contributed by atoms with E-state index in [4.69, 9.17) is 0 Å². The summed E-state index contributed by atoms with van der Waals surface area (Å²) in [5, 5.41) is 0. The van der Waals surface area contributed by atoms with Gasteiger partial charge in [0.25, 0.3) is 0 Å². The topological polar surface area (TPSA) is 17.1 Å². The first kappa shape index (κ1) is 10.3. The highest BCUT2D eigenvalue weighted by Gasteiger charge is 2.58. The molecule has 0 aromatic heterocycles. The van der Waals surface area contributed by atoms with Crippen LogP contribution in [0.3, 0.4) is 0 Å². The molecule has 16 heavy (non-hydrogen) atoms. The minimum atomic E-state index is 0.00944. The zero-order chi connectivity index (χ0) is 11.7. The van der Waals surface area contributed by atoms with E-state index in [2.05, 4.69) is 27.4 Å². The van der Waals surface area contributed by atoms with Gasteiger partial charge in [0, 0.05) is 11.0 Å². The summed E-state index contributed by atoms with van der Waals surface area (Å²) in [5.41, 5.74) is 2.69. The second-order valence-electron chi connectivity index (χ2n) is 6.86. The molecular weight excluding hydrogens is 196 g/mol. The Morgan fingerprint density at radius 2 is 2.00 bits per heavy atom. The van der Waals surface area contributed by atoms with E-state index in [0.717, 1.165) is 17.9 Å². The number of hydrogen-bond donors (Lipinski definition) is 0. The average molecular weight is 216 g/mol. The van der Waals surface area contributed by atoms with Crippen molar-refractivity contribution in [2.24, 2.45) is 22.7 Å². The van der Waals surface area contributed by atoms with E-state index in [0.29, 0.717) is 11.3 Å². The molecule has 0 amide bonds. The third-order valence-corrected chi connectivity index (χ3v) is 5.28. The summed E-state index contributed by atoms with van der Waals surface area (Å²) in [7, 11) is 0. The fraction of sp³-hybridized carbons (Fsp3) is 0.667. The normalized spacial score (nSPS) is 44.6. The van der Waals surface area contributed by atoms with Crippen LogP contribution < -0.4 is 0 Å². The lowest BCUT2D eigenvalue weighted by atomic mass is 9.71. The summed E-state index contributed by atoms with van der Waals surface area (Å²) in [4.78, 5) is 11.8. The van der Waals surface area contributed by atoms with Crippen LogP contribution in [0.4, 0.5) is 0 Å². The van der Waals surface area contributed by atoms with Gasteiger partial charge in [0.05, 0.1) is 0 Å². The molecule has 3 atom stereocenters. The van der Waals surface area contributed by atoms with Gasteiger partial charge in [-0.25, -0.2) is 0 Å². The highest BCUT2D eigenvalue weighted by molar-refractivity contribution is 6.09. The minimum absolute atomic E-state index is 0.00944. The maximum Gasteiger partial charge on any atom is 0.182 e. The lowest BCUT2D eigenvalue weighted by Gasteiger charge is -2.31. The van der Waals surface area contributed by atoms with Gasteiger partial charge in [-0.3, -0.25) is 4.79 Å². The van der Waals surface area contributed by atoms with Crippen LogP contribution in [-0.2, 0) is 4.79 Å². The monoisotopic (exact) mass is 216 g/mol. The molecule has 0 unspecified atom stereocenters. The molecule has 0 radical (unpaired) electrons. The van der Waals surface area contributed by atoms with Crippen LogP contribution in [0.25, 0.3) is 0 Å². The Morgan fingerprint density at radius 3 is 2.69 bits per heavy atom. The molecule has 3 aliphatic rings. The molecule has 0 aromatic rings. The van der Waals surface area contributed by atoms with Crippen LogP contribution in [0.15, 0.2) is 23.8 Å². The molecule has 0 aliphatic heterocycles. The lowest BCUT2D eigenvalue weighted by molar-refractivity contribution is -0.111. The molecule has 3 aliphatic carbocycles. The van der Waals surface area contributed by atoms with Gasteiger partial charge in [-0.05, 0) is 42.6 Å². The molecule has 3 rings (SSSR count). The molecule has 0 aromatic carbocycles. The van der Waals surface area contributed by atoms with Crippen LogP contribution in [0.1, 0.15) is 40.0 Å². The van der Waals surface area contributed by atoms with E-state index in [1.807, 2.05) is 6.08 Å².